The van der Waals surface area contributed by atoms with Crippen LogP contribution >= 0.6 is 0 Å². The predicted molar refractivity (Wildman–Crippen MR) is 50.3 cm³/mol. The van der Waals surface area contributed by atoms with Crippen LogP contribution in [0.1, 0.15) is 5.56 Å². The van der Waals surface area contributed by atoms with Crippen molar-refractivity contribution in [3.63, 3.8) is 0 Å². The lowest BCUT2D eigenvalue weighted by molar-refractivity contribution is -0.0216. The van der Waals surface area contributed by atoms with Crippen LogP contribution in [0, 0.1) is 0 Å². The van der Waals surface area contributed by atoms with E-state index < -0.39 is 5.60 Å². The van der Waals surface area contributed by atoms with Crippen LogP contribution < -0.4 is 0 Å². The minimum absolute atomic E-state index is 0.00644. The Morgan fingerprint density at radius 3 is 2.62 bits per heavy atom. The van der Waals surface area contributed by atoms with Crippen molar-refractivity contribution in [3.05, 3.63) is 48.0 Å². The molecule has 0 unspecified atom stereocenters. The summed E-state index contributed by atoms with van der Waals surface area (Å²) in [5.74, 6) is 0. The van der Waals surface area contributed by atoms with Crippen molar-refractivity contribution in [1.82, 2.24) is 0 Å². The van der Waals surface area contributed by atoms with Gasteiger partial charge in [0.25, 0.3) is 0 Å². The molecule has 1 heterocycles. The van der Waals surface area contributed by atoms with Gasteiger partial charge in [0, 0.05) is 0 Å². The van der Waals surface area contributed by atoms with E-state index in [1.54, 1.807) is 0 Å². The molecule has 0 spiro atoms. The summed E-state index contributed by atoms with van der Waals surface area (Å²) in [5, 5.41) is 9.29. The minimum Gasteiger partial charge on any atom is -0.393 e. The monoisotopic (exact) mass is 176 g/mol. The fourth-order valence-electron chi connectivity index (χ4n) is 1.57. The van der Waals surface area contributed by atoms with Gasteiger partial charge in [-0.3, -0.25) is 0 Å². The maximum atomic E-state index is 9.29. The highest BCUT2D eigenvalue weighted by Crippen LogP contribution is 2.30. The smallest absolute Gasteiger partial charge is 0.135 e. The summed E-state index contributed by atoms with van der Waals surface area (Å²) >= 11 is 0. The molecule has 0 amide bonds. The van der Waals surface area contributed by atoms with E-state index in [2.05, 4.69) is 0 Å². The molecule has 68 valence electrons. The Morgan fingerprint density at radius 2 is 2.08 bits per heavy atom. The van der Waals surface area contributed by atoms with E-state index in [9.17, 15) is 5.11 Å². The van der Waals surface area contributed by atoms with Crippen LogP contribution in [0.3, 0.4) is 0 Å². The first-order chi connectivity index (χ1) is 6.37. The molecular formula is C11H12O2. The lowest BCUT2D eigenvalue weighted by Crippen LogP contribution is -2.28. The molecule has 1 aromatic carbocycles. The van der Waals surface area contributed by atoms with Gasteiger partial charge in [-0.1, -0.05) is 36.4 Å². The average Bonchev–Trinajstić information content (AvgIpc) is 2.69. The molecule has 2 heteroatoms. The number of benzene rings is 1. The molecule has 0 saturated heterocycles. The van der Waals surface area contributed by atoms with Gasteiger partial charge in [-0.15, -0.1) is 0 Å². The Morgan fingerprint density at radius 1 is 1.31 bits per heavy atom. The molecule has 0 aliphatic carbocycles. The highest BCUT2D eigenvalue weighted by atomic mass is 16.5. The summed E-state index contributed by atoms with van der Waals surface area (Å²) in [6, 6.07) is 9.77. The number of rotatable bonds is 2. The van der Waals surface area contributed by atoms with Gasteiger partial charge in [-0.25, -0.2) is 0 Å². The summed E-state index contributed by atoms with van der Waals surface area (Å²) in [4.78, 5) is 0. The summed E-state index contributed by atoms with van der Waals surface area (Å²) in [7, 11) is 0. The average molecular weight is 176 g/mol. The quantitative estimate of drug-likeness (QED) is 0.691. The molecule has 0 fully saturated rings. The zero-order valence-corrected chi connectivity index (χ0v) is 7.31. The molecule has 1 aromatic rings. The Balaban J connectivity index is 2.37. The topological polar surface area (TPSA) is 29.5 Å². The van der Waals surface area contributed by atoms with Crippen molar-refractivity contribution < 1.29 is 9.84 Å². The molecule has 1 atom stereocenters. The van der Waals surface area contributed by atoms with E-state index in [-0.39, 0.29) is 6.61 Å². The second kappa shape index (κ2) is 3.32. The molecule has 0 bridgehead atoms. The van der Waals surface area contributed by atoms with Crippen LogP contribution in [0.25, 0.3) is 0 Å². The zero-order valence-electron chi connectivity index (χ0n) is 7.31. The molecule has 13 heavy (non-hydrogen) atoms. The van der Waals surface area contributed by atoms with Gasteiger partial charge in [0.05, 0.1) is 13.2 Å². The van der Waals surface area contributed by atoms with E-state index >= 15 is 0 Å². The SMILES string of the molecule is OC[C@]1(c2ccccc2)C=CCO1. The molecular weight excluding hydrogens is 164 g/mol. The van der Waals surface area contributed by atoms with E-state index in [1.807, 2.05) is 42.5 Å². The Hall–Kier alpha value is -1.12. The van der Waals surface area contributed by atoms with Gasteiger partial charge in [-0.05, 0) is 11.6 Å². The maximum Gasteiger partial charge on any atom is 0.135 e. The number of hydrogen-bond acceptors (Lipinski definition) is 2. The highest BCUT2D eigenvalue weighted by molar-refractivity contribution is 5.29. The molecule has 2 nitrogen and oxygen atoms in total. The van der Waals surface area contributed by atoms with Crippen LogP contribution in [0.15, 0.2) is 42.5 Å². The first-order valence-corrected chi connectivity index (χ1v) is 4.35. The summed E-state index contributed by atoms with van der Waals surface area (Å²) in [6.45, 7) is 0.572. The zero-order chi connectivity index (χ0) is 9.15. The van der Waals surface area contributed by atoms with Crippen molar-refractivity contribution in [2.24, 2.45) is 0 Å². The number of hydrogen-bond donors (Lipinski definition) is 1. The van der Waals surface area contributed by atoms with Crippen molar-refractivity contribution in [1.29, 1.82) is 0 Å². The largest absolute Gasteiger partial charge is 0.393 e. The number of aliphatic hydroxyl groups excluding tert-OH is 1. The van der Waals surface area contributed by atoms with Crippen LogP contribution in [0.2, 0.25) is 0 Å². The van der Waals surface area contributed by atoms with E-state index in [4.69, 9.17) is 4.74 Å². The van der Waals surface area contributed by atoms with Crippen LogP contribution in [0.5, 0.6) is 0 Å². The maximum absolute atomic E-state index is 9.29. The van der Waals surface area contributed by atoms with E-state index in [0.717, 1.165) is 5.56 Å². The minimum atomic E-state index is -0.596. The van der Waals surface area contributed by atoms with E-state index in [0.29, 0.717) is 6.61 Å². The summed E-state index contributed by atoms with van der Waals surface area (Å²) < 4.78 is 5.51. The van der Waals surface area contributed by atoms with Gasteiger partial charge in [0.2, 0.25) is 0 Å². The third-order valence-electron chi connectivity index (χ3n) is 2.32. The van der Waals surface area contributed by atoms with Crippen molar-refractivity contribution in [2.45, 2.75) is 5.60 Å². The Labute approximate surface area is 77.5 Å². The lowest BCUT2D eigenvalue weighted by Gasteiger charge is -2.24. The number of ether oxygens (including phenoxy) is 1. The van der Waals surface area contributed by atoms with Crippen molar-refractivity contribution in [2.75, 3.05) is 13.2 Å². The summed E-state index contributed by atoms with van der Waals surface area (Å²) in [6.07, 6.45) is 3.85. The van der Waals surface area contributed by atoms with Crippen molar-refractivity contribution >= 4 is 0 Å². The second-order valence-corrected chi connectivity index (χ2v) is 3.13. The lowest BCUT2D eigenvalue weighted by atomic mass is 9.95. The van der Waals surface area contributed by atoms with Crippen LogP contribution in [0.4, 0.5) is 0 Å². The van der Waals surface area contributed by atoms with Crippen molar-refractivity contribution in [3.8, 4) is 0 Å². The van der Waals surface area contributed by atoms with Gasteiger partial charge in [-0.2, -0.15) is 0 Å². The Kier molecular flexibility index (Phi) is 2.17. The first kappa shape index (κ1) is 8.48. The highest BCUT2D eigenvalue weighted by Gasteiger charge is 2.31. The second-order valence-electron chi connectivity index (χ2n) is 3.13. The fraction of sp³-hybridized carbons (Fsp3) is 0.273. The van der Waals surface area contributed by atoms with Gasteiger partial charge in [0.15, 0.2) is 0 Å². The van der Waals surface area contributed by atoms with E-state index in [1.165, 1.54) is 0 Å². The molecule has 1 aliphatic rings. The third kappa shape index (κ3) is 1.39. The Bertz CT molecular complexity index is 305. The predicted octanol–water partition coefficient (Wildman–Crippen LogP) is 1.46. The van der Waals surface area contributed by atoms with Gasteiger partial charge in [0.1, 0.15) is 5.60 Å². The van der Waals surface area contributed by atoms with Crippen LogP contribution in [-0.4, -0.2) is 18.3 Å². The molecule has 1 N–H and O–H groups in total. The number of aliphatic hydroxyl groups is 1. The first-order valence-electron chi connectivity index (χ1n) is 4.35. The summed E-state index contributed by atoms with van der Waals surface area (Å²) in [5.41, 5.74) is 0.410. The van der Waals surface area contributed by atoms with Gasteiger partial charge >= 0.3 is 0 Å². The van der Waals surface area contributed by atoms with Gasteiger partial charge < -0.3 is 9.84 Å². The molecule has 0 aromatic heterocycles. The third-order valence-corrected chi connectivity index (χ3v) is 2.32. The molecule has 0 saturated carbocycles. The molecule has 2 rings (SSSR count). The normalized spacial score (nSPS) is 26.5. The van der Waals surface area contributed by atoms with Crippen LogP contribution in [-0.2, 0) is 10.3 Å². The molecule has 1 aliphatic heterocycles. The standard InChI is InChI=1S/C11H12O2/c12-9-11(7-4-8-13-11)10-5-2-1-3-6-10/h1-7,12H,8-9H2/t11-/m0/s1. The molecule has 0 radical (unpaired) electrons. The fourth-order valence-corrected chi connectivity index (χ4v) is 1.57.